The summed E-state index contributed by atoms with van der Waals surface area (Å²) in [5, 5.41) is 19.5. The van der Waals surface area contributed by atoms with Gasteiger partial charge in [0.2, 0.25) is 10.0 Å². The second kappa shape index (κ2) is 7.91. The van der Waals surface area contributed by atoms with Crippen molar-refractivity contribution in [1.82, 2.24) is 4.72 Å². The molecule has 0 heterocycles. The van der Waals surface area contributed by atoms with E-state index in [9.17, 15) is 18.5 Å². The zero-order valence-electron chi connectivity index (χ0n) is 11.6. The number of sulfonamides is 1. The first-order valence-electron chi connectivity index (χ1n) is 6.35. The average Bonchev–Trinajstić information content (AvgIpc) is 2.46. The lowest BCUT2D eigenvalue weighted by molar-refractivity contribution is -0.386. The van der Waals surface area contributed by atoms with E-state index < -0.39 is 20.6 Å². The summed E-state index contributed by atoms with van der Waals surface area (Å²) in [6.45, 7) is 0.277. The molecule has 0 fully saturated rings. The highest BCUT2D eigenvalue weighted by Crippen LogP contribution is 2.29. The molecule has 0 radical (unpaired) electrons. The summed E-state index contributed by atoms with van der Waals surface area (Å²) in [6, 6.07) is 3.47. The minimum absolute atomic E-state index is 0.00176. The lowest BCUT2D eigenvalue weighted by atomic mass is 10.2. The Morgan fingerprint density at radius 3 is 2.62 bits per heavy atom. The number of hydrogen-bond acceptors (Lipinski definition) is 6. The van der Waals surface area contributed by atoms with Crippen molar-refractivity contribution in [2.75, 3.05) is 20.3 Å². The van der Waals surface area contributed by atoms with Crippen LogP contribution in [0.1, 0.15) is 19.3 Å². The van der Waals surface area contributed by atoms with Gasteiger partial charge in [-0.15, -0.1) is 0 Å². The van der Waals surface area contributed by atoms with Crippen molar-refractivity contribution in [3.05, 3.63) is 28.3 Å². The van der Waals surface area contributed by atoms with Gasteiger partial charge in [-0.2, -0.15) is 0 Å². The normalized spacial score (nSPS) is 11.3. The van der Waals surface area contributed by atoms with Crippen LogP contribution in [0, 0.1) is 10.1 Å². The predicted octanol–water partition coefficient (Wildman–Crippen LogP) is 1.04. The second-order valence-electron chi connectivity index (χ2n) is 4.27. The third-order valence-corrected chi connectivity index (χ3v) is 4.24. The van der Waals surface area contributed by atoms with Gasteiger partial charge >= 0.3 is 5.69 Å². The first kappa shape index (κ1) is 17.3. The molecule has 8 nitrogen and oxygen atoms in total. The Morgan fingerprint density at radius 2 is 2.05 bits per heavy atom. The highest BCUT2D eigenvalue weighted by atomic mass is 32.2. The zero-order chi connectivity index (χ0) is 15.9. The van der Waals surface area contributed by atoms with Crippen molar-refractivity contribution in [2.45, 2.75) is 24.2 Å². The van der Waals surface area contributed by atoms with Gasteiger partial charge in [-0.3, -0.25) is 10.1 Å². The quantitative estimate of drug-likeness (QED) is 0.399. The van der Waals surface area contributed by atoms with Crippen molar-refractivity contribution >= 4 is 15.7 Å². The molecule has 2 N–H and O–H groups in total. The van der Waals surface area contributed by atoms with E-state index in [1.54, 1.807) is 0 Å². The molecule has 0 atom stereocenters. The minimum Gasteiger partial charge on any atom is -0.490 e. The van der Waals surface area contributed by atoms with Crippen molar-refractivity contribution < 1.29 is 23.2 Å². The number of hydrogen-bond donors (Lipinski definition) is 2. The molecule has 118 valence electrons. The van der Waals surface area contributed by atoms with Gasteiger partial charge in [0.1, 0.15) is 0 Å². The van der Waals surface area contributed by atoms with E-state index in [4.69, 9.17) is 9.84 Å². The van der Waals surface area contributed by atoms with Gasteiger partial charge in [0.15, 0.2) is 5.75 Å². The van der Waals surface area contributed by atoms with Gasteiger partial charge in [-0.1, -0.05) is 0 Å². The van der Waals surface area contributed by atoms with E-state index >= 15 is 0 Å². The van der Waals surface area contributed by atoms with E-state index in [-0.39, 0.29) is 23.8 Å². The summed E-state index contributed by atoms with van der Waals surface area (Å²) in [4.78, 5) is 10.0. The van der Waals surface area contributed by atoms with Crippen molar-refractivity contribution in [3.63, 3.8) is 0 Å². The van der Waals surface area contributed by atoms with Gasteiger partial charge in [-0.05, 0) is 31.4 Å². The number of nitrogens with zero attached hydrogens (tertiary/aromatic N) is 1. The van der Waals surface area contributed by atoms with Crippen LogP contribution in [-0.4, -0.2) is 38.7 Å². The Hall–Kier alpha value is -1.71. The SMILES string of the molecule is COc1ccc(S(=O)(=O)NCCCCCO)cc1[N+](=O)[O-]. The second-order valence-corrected chi connectivity index (χ2v) is 6.04. The van der Waals surface area contributed by atoms with Crippen molar-refractivity contribution in [1.29, 1.82) is 0 Å². The fourth-order valence-electron chi connectivity index (χ4n) is 1.68. The number of nitro groups is 1. The third-order valence-electron chi connectivity index (χ3n) is 2.78. The summed E-state index contributed by atoms with van der Waals surface area (Å²) in [7, 11) is -2.53. The molecular weight excluding hydrogens is 300 g/mol. The van der Waals surface area contributed by atoms with Crippen LogP contribution in [0.2, 0.25) is 0 Å². The Bertz CT molecular complexity index is 587. The third kappa shape index (κ3) is 4.96. The maximum Gasteiger partial charge on any atom is 0.312 e. The molecule has 21 heavy (non-hydrogen) atoms. The topological polar surface area (TPSA) is 119 Å². The molecule has 0 saturated carbocycles. The summed E-state index contributed by atoms with van der Waals surface area (Å²) >= 11 is 0. The molecule has 1 rings (SSSR count). The summed E-state index contributed by atoms with van der Waals surface area (Å²) in [6.07, 6.45) is 1.88. The molecule has 0 saturated heterocycles. The maximum absolute atomic E-state index is 12.0. The molecule has 0 aliphatic heterocycles. The molecule has 0 aliphatic rings. The number of nitrogens with one attached hydrogen (secondary N) is 1. The average molecular weight is 318 g/mol. The first-order chi connectivity index (χ1) is 9.92. The molecule has 0 amide bonds. The van der Waals surface area contributed by atoms with Crippen LogP contribution < -0.4 is 9.46 Å². The monoisotopic (exact) mass is 318 g/mol. The molecule has 1 aromatic carbocycles. The number of benzene rings is 1. The highest BCUT2D eigenvalue weighted by Gasteiger charge is 2.21. The van der Waals surface area contributed by atoms with E-state index in [0.717, 1.165) is 6.07 Å². The minimum atomic E-state index is -3.80. The largest absolute Gasteiger partial charge is 0.490 e. The van der Waals surface area contributed by atoms with Gasteiger partial charge in [0.25, 0.3) is 0 Å². The number of nitro benzene ring substituents is 1. The van der Waals surface area contributed by atoms with E-state index in [0.29, 0.717) is 19.3 Å². The fraction of sp³-hybridized carbons (Fsp3) is 0.500. The zero-order valence-corrected chi connectivity index (χ0v) is 12.4. The Labute approximate surface area is 122 Å². The predicted molar refractivity (Wildman–Crippen MR) is 75.8 cm³/mol. The lowest BCUT2D eigenvalue weighted by Gasteiger charge is -2.08. The lowest BCUT2D eigenvalue weighted by Crippen LogP contribution is -2.24. The van der Waals surface area contributed by atoms with Crippen molar-refractivity contribution in [3.8, 4) is 5.75 Å². The van der Waals surface area contributed by atoms with Crippen LogP contribution in [0.25, 0.3) is 0 Å². The smallest absolute Gasteiger partial charge is 0.312 e. The molecule has 0 spiro atoms. The highest BCUT2D eigenvalue weighted by molar-refractivity contribution is 7.89. The fourth-order valence-corrected chi connectivity index (χ4v) is 2.78. The molecule has 0 bridgehead atoms. The van der Waals surface area contributed by atoms with E-state index in [2.05, 4.69) is 4.72 Å². The van der Waals surface area contributed by atoms with Crippen LogP contribution in [0.3, 0.4) is 0 Å². The molecule has 0 aromatic heterocycles. The number of methoxy groups -OCH3 is 1. The molecule has 1 aromatic rings. The van der Waals surface area contributed by atoms with Crippen LogP contribution in [-0.2, 0) is 10.0 Å². The van der Waals surface area contributed by atoms with Gasteiger partial charge in [0, 0.05) is 19.2 Å². The molecule has 0 aliphatic carbocycles. The first-order valence-corrected chi connectivity index (χ1v) is 7.83. The van der Waals surface area contributed by atoms with Crippen LogP contribution in [0.15, 0.2) is 23.1 Å². The summed E-state index contributed by atoms with van der Waals surface area (Å²) in [5.41, 5.74) is -0.402. The number of ether oxygens (including phenoxy) is 1. The van der Waals surface area contributed by atoms with Crippen LogP contribution in [0.5, 0.6) is 5.75 Å². The Morgan fingerprint density at radius 1 is 1.33 bits per heavy atom. The van der Waals surface area contributed by atoms with Gasteiger partial charge < -0.3 is 9.84 Å². The van der Waals surface area contributed by atoms with E-state index in [1.807, 2.05) is 0 Å². The number of rotatable bonds is 9. The van der Waals surface area contributed by atoms with Gasteiger partial charge in [-0.25, -0.2) is 13.1 Å². The van der Waals surface area contributed by atoms with Crippen LogP contribution in [0.4, 0.5) is 5.69 Å². The Balaban J connectivity index is 2.83. The Kier molecular flexibility index (Phi) is 6.53. The van der Waals surface area contributed by atoms with Crippen LogP contribution >= 0.6 is 0 Å². The number of aliphatic hydroxyl groups is 1. The molecule has 0 unspecified atom stereocenters. The number of unbranched alkanes of at least 4 members (excludes halogenated alkanes) is 2. The molecular formula is C12H18N2O6S. The van der Waals surface area contributed by atoms with E-state index in [1.165, 1.54) is 19.2 Å². The van der Waals surface area contributed by atoms with Crippen molar-refractivity contribution in [2.24, 2.45) is 0 Å². The summed E-state index contributed by atoms with van der Waals surface area (Å²) in [5.74, 6) is 0.00176. The van der Waals surface area contributed by atoms with Gasteiger partial charge in [0.05, 0.1) is 16.9 Å². The maximum atomic E-state index is 12.0. The summed E-state index contributed by atoms with van der Waals surface area (Å²) < 4.78 is 31.2. The standard InChI is InChI=1S/C12H18N2O6S/c1-20-12-6-5-10(9-11(12)14(16)17)21(18,19)13-7-3-2-4-8-15/h5-6,9,13,15H,2-4,7-8H2,1H3. The molecule has 9 heteroatoms. The number of aliphatic hydroxyl groups excluding tert-OH is 1.